The Morgan fingerprint density at radius 3 is 2.41 bits per heavy atom. The Bertz CT molecular complexity index is 917. The van der Waals surface area contributed by atoms with E-state index in [9.17, 15) is 5.11 Å². The number of rotatable bonds is 10. The van der Waals surface area contributed by atoms with E-state index in [4.69, 9.17) is 4.74 Å². The summed E-state index contributed by atoms with van der Waals surface area (Å²) in [4.78, 5) is 2.39. The number of nitrogens with zero attached hydrogens (tertiary/aromatic N) is 1. The molecule has 0 amide bonds. The summed E-state index contributed by atoms with van der Waals surface area (Å²) in [5, 5.41) is 9.31. The molecule has 0 aliphatic carbocycles. The first kappa shape index (κ1) is 25.9. The molecular weight excluding hydrogens is 410 g/mol. The van der Waals surface area contributed by atoms with Gasteiger partial charge in [0.15, 0.2) is 0 Å². The number of hydrogen-bond acceptors (Lipinski definition) is 3. The number of ether oxygens (including phenoxy) is 1. The van der Waals surface area contributed by atoms with Crippen molar-refractivity contribution in [2.45, 2.75) is 59.7 Å². The molecule has 1 atom stereocenters. The maximum absolute atomic E-state index is 9.31. The van der Waals surface area contributed by atoms with Crippen molar-refractivity contribution in [3.05, 3.63) is 77.4 Å². The number of aliphatic hydroxyl groups excluding tert-OH is 1. The van der Waals surface area contributed by atoms with Crippen LogP contribution in [-0.2, 0) is 13.2 Å². The van der Waals surface area contributed by atoms with Gasteiger partial charge in [0.05, 0.1) is 15.4 Å². The van der Waals surface area contributed by atoms with Gasteiger partial charge >= 0.3 is 0 Å². The Labute approximate surface area is 196 Å². The minimum atomic E-state index is -1.11. The van der Waals surface area contributed by atoms with Crippen molar-refractivity contribution in [1.82, 2.24) is 4.90 Å². The van der Waals surface area contributed by atoms with E-state index in [0.717, 1.165) is 30.9 Å². The highest BCUT2D eigenvalue weighted by atomic mass is 28.3. The molecule has 1 N–H and O–H groups in total. The summed E-state index contributed by atoms with van der Waals surface area (Å²) in [7, 11) is -1.11. The molecule has 2 aromatic rings. The van der Waals surface area contributed by atoms with Crippen LogP contribution in [0.25, 0.3) is 0 Å². The van der Waals surface area contributed by atoms with Gasteiger partial charge in [0.25, 0.3) is 0 Å². The van der Waals surface area contributed by atoms with Gasteiger partial charge in [-0.15, -0.1) is 0 Å². The van der Waals surface area contributed by atoms with Gasteiger partial charge < -0.3 is 9.84 Å². The second kappa shape index (κ2) is 12.6. The minimum absolute atomic E-state index is 0.0345. The molecule has 0 aromatic heterocycles. The van der Waals surface area contributed by atoms with Crippen molar-refractivity contribution in [3.63, 3.8) is 0 Å². The molecule has 172 valence electrons. The zero-order valence-electron chi connectivity index (χ0n) is 20.6. The Morgan fingerprint density at radius 1 is 1.09 bits per heavy atom. The summed E-state index contributed by atoms with van der Waals surface area (Å²) in [6, 6.07) is 16.6. The first-order chi connectivity index (χ1) is 15.2. The fourth-order valence-electron chi connectivity index (χ4n) is 3.35. The Kier molecular flexibility index (Phi) is 10.2. The van der Waals surface area contributed by atoms with Crippen LogP contribution in [0, 0.1) is 17.3 Å². The molecule has 0 bridgehead atoms. The van der Waals surface area contributed by atoms with Crippen LogP contribution < -0.4 is 4.74 Å². The van der Waals surface area contributed by atoms with Crippen molar-refractivity contribution in [2.75, 3.05) is 13.1 Å². The molecule has 0 saturated carbocycles. The first-order valence-corrected chi connectivity index (χ1v) is 14.5. The lowest BCUT2D eigenvalue weighted by molar-refractivity contribution is 0.276. The van der Waals surface area contributed by atoms with E-state index in [1.54, 1.807) is 0 Å². The Morgan fingerprint density at radius 2 is 1.81 bits per heavy atom. The van der Waals surface area contributed by atoms with Gasteiger partial charge in [-0.2, -0.15) is 0 Å². The van der Waals surface area contributed by atoms with Gasteiger partial charge in [-0.05, 0) is 62.2 Å². The van der Waals surface area contributed by atoms with Gasteiger partial charge in [0, 0.05) is 18.5 Å². The topological polar surface area (TPSA) is 32.7 Å². The summed E-state index contributed by atoms with van der Waals surface area (Å²) >= 11 is 0. The highest BCUT2D eigenvalue weighted by Gasteiger charge is 2.19. The van der Waals surface area contributed by atoms with Crippen LogP contribution in [-0.4, -0.2) is 31.9 Å². The molecule has 2 rings (SSSR count). The molecule has 0 aliphatic heterocycles. The maximum Gasteiger partial charge on any atom is 0.120 e. The third-order valence-corrected chi connectivity index (χ3v) is 6.86. The number of likely N-dealkylation sites (N-methyl/N-ethyl adjacent to an activating group) is 1. The molecule has 0 aliphatic rings. The van der Waals surface area contributed by atoms with Gasteiger partial charge in [0.1, 0.15) is 11.5 Å². The molecule has 0 spiro atoms. The molecule has 2 aromatic carbocycles. The summed E-state index contributed by atoms with van der Waals surface area (Å²) in [6.07, 6.45) is 4.10. The van der Waals surface area contributed by atoms with E-state index in [2.05, 4.69) is 93.9 Å². The number of allylic oxidation sites excluding steroid dienone is 1. The lowest BCUT2D eigenvalue weighted by Crippen LogP contribution is -2.23. The number of aliphatic hydroxyl groups is 1. The first-order valence-electron chi connectivity index (χ1n) is 11.6. The zero-order valence-corrected chi connectivity index (χ0v) is 21.7. The van der Waals surface area contributed by atoms with Crippen LogP contribution in [0.2, 0.25) is 13.1 Å². The van der Waals surface area contributed by atoms with Crippen LogP contribution in [0.15, 0.2) is 60.7 Å². The summed E-state index contributed by atoms with van der Waals surface area (Å²) < 4.78 is 6.48. The molecule has 0 fully saturated rings. The molecule has 0 heterocycles. The Hall–Kier alpha value is -2.32. The zero-order chi connectivity index (χ0) is 23.6. The molecular formula is C28H39NO2Si. The van der Waals surface area contributed by atoms with E-state index in [0.29, 0.717) is 0 Å². The minimum Gasteiger partial charge on any atom is -0.490 e. The van der Waals surface area contributed by atoms with E-state index >= 15 is 0 Å². The fraction of sp³-hybridized carbons (Fsp3) is 0.429. The predicted molar refractivity (Wildman–Crippen MR) is 138 cm³/mol. The maximum atomic E-state index is 9.31. The number of benzene rings is 2. The van der Waals surface area contributed by atoms with E-state index in [-0.39, 0.29) is 17.7 Å². The van der Waals surface area contributed by atoms with Gasteiger partial charge in [-0.1, -0.05) is 74.3 Å². The van der Waals surface area contributed by atoms with Crippen molar-refractivity contribution in [2.24, 2.45) is 5.41 Å². The predicted octanol–water partition coefficient (Wildman–Crippen LogP) is 5.75. The fourth-order valence-corrected chi connectivity index (χ4v) is 4.77. The summed E-state index contributed by atoms with van der Waals surface area (Å²) in [6.45, 7) is 16.0. The molecule has 0 saturated heterocycles. The van der Waals surface area contributed by atoms with Crippen LogP contribution in [0.4, 0.5) is 0 Å². The summed E-state index contributed by atoms with van der Waals surface area (Å²) in [5.74, 6) is 7.30. The standard InChI is InChI=1S/C28H39NO2Si/c1-7-29(19-10-8-9-18-28(2,3)4)21-24-12-11-13-26(20-24)31-27(32(5)6)25-16-14-23(22-30)15-17-25/h8,10-17,20,27,30,32H,7,19,21-22H2,1-6H3/b10-8+. The SMILES string of the molecule is CCN(C/C=C/C#CC(C)(C)C)Cc1cccc(OC(c2ccc(CO)cc2)[SiH](C)C)c1. The van der Waals surface area contributed by atoms with Crippen LogP contribution in [0.3, 0.4) is 0 Å². The van der Waals surface area contributed by atoms with Crippen molar-refractivity contribution in [1.29, 1.82) is 0 Å². The van der Waals surface area contributed by atoms with Crippen LogP contribution >= 0.6 is 0 Å². The normalized spacial score (nSPS) is 12.8. The highest BCUT2D eigenvalue weighted by molar-refractivity contribution is 6.57. The van der Waals surface area contributed by atoms with Crippen LogP contribution in [0.1, 0.15) is 50.1 Å². The Balaban J connectivity index is 2.05. The summed E-state index contributed by atoms with van der Waals surface area (Å²) in [5.41, 5.74) is 3.50. The third-order valence-electron chi connectivity index (χ3n) is 5.12. The number of hydrogen-bond donors (Lipinski definition) is 1. The quantitative estimate of drug-likeness (QED) is 0.370. The largest absolute Gasteiger partial charge is 0.490 e. The van der Waals surface area contributed by atoms with E-state index in [1.165, 1.54) is 11.1 Å². The smallest absolute Gasteiger partial charge is 0.120 e. The van der Waals surface area contributed by atoms with Gasteiger partial charge in [0.2, 0.25) is 0 Å². The second-order valence-corrected chi connectivity index (χ2v) is 12.7. The van der Waals surface area contributed by atoms with E-state index < -0.39 is 8.80 Å². The molecule has 4 heteroatoms. The van der Waals surface area contributed by atoms with Crippen LogP contribution in [0.5, 0.6) is 5.75 Å². The van der Waals surface area contributed by atoms with Gasteiger partial charge in [-0.25, -0.2) is 0 Å². The van der Waals surface area contributed by atoms with Gasteiger partial charge in [-0.3, -0.25) is 4.90 Å². The monoisotopic (exact) mass is 449 g/mol. The molecule has 0 radical (unpaired) electrons. The van der Waals surface area contributed by atoms with Crippen molar-refractivity contribution in [3.8, 4) is 17.6 Å². The lowest BCUT2D eigenvalue weighted by Gasteiger charge is -2.24. The lowest BCUT2D eigenvalue weighted by atomic mass is 9.98. The van der Waals surface area contributed by atoms with Crippen molar-refractivity contribution >= 4 is 8.80 Å². The highest BCUT2D eigenvalue weighted by Crippen LogP contribution is 2.26. The van der Waals surface area contributed by atoms with E-state index in [1.807, 2.05) is 24.3 Å². The molecule has 1 unspecified atom stereocenters. The second-order valence-electron chi connectivity index (χ2n) is 9.58. The van der Waals surface area contributed by atoms with Crippen molar-refractivity contribution < 1.29 is 9.84 Å². The molecule has 32 heavy (non-hydrogen) atoms. The molecule has 3 nitrogen and oxygen atoms in total. The average Bonchev–Trinajstić information content (AvgIpc) is 2.76. The average molecular weight is 450 g/mol. The third kappa shape index (κ3) is 9.04.